The Kier molecular flexibility index (Phi) is 2.11. The van der Waals surface area contributed by atoms with Gasteiger partial charge < -0.3 is 9.13 Å². The highest BCUT2D eigenvalue weighted by Crippen LogP contribution is 2.15. The molecule has 0 aliphatic rings. The van der Waals surface area contributed by atoms with Crippen molar-refractivity contribution in [1.29, 1.82) is 0 Å². The van der Waals surface area contributed by atoms with Gasteiger partial charge in [0.2, 0.25) is 10.3 Å². The van der Waals surface area contributed by atoms with Crippen molar-refractivity contribution in [3.05, 3.63) is 24.8 Å². The molecule has 2 aromatic heterocycles. The standard InChI is InChI=1S/C8H10N4O2S/c1-11-5-3-9-7(11)15(13,14)8-10-4-6-12(8)2/h3-6H,1-2H3. The van der Waals surface area contributed by atoms with Crippen molar-refractivity contribution in [1.82, 2.24) is 19.1 Å². The highest BCUT2D eigenvalue weighted by Gasteiger charge is 2.25. The molecule has 0 unspecified atom stereocenters. The number of rotatable bonds is 2. The van der Waals surface area contributed by atoms with Crippen LogP contribution in [0.4, 0.5) is 0 Å². The van der Waals surface area contributed by atoms with Crippen LogP contribution >= 0.6 is 0 Å². The van der Waals surface area contributed by atoms with Crippen LogP contribution in [0, 0.1) is 0 Å². The van der Waals surface area contributed by atoms with Gasteiger partial charge in [-0.15, -0.1) is 0 Å². The summed E-state index contributed by atoms with van der Waals surface area (Å²) in [7, 11) is -0.354. The molecule has 80 valence electrons. The van der Waals surface area contributed by atoms with Crippen molar-refractivity contribution in [2.45, 2.75) is 10.3 Å². The van der Waals surface area contributed by atoms with E-state index in [2.05, 4.69) is 9.97 Å². The quantitative estimate of drug-likeness (QED) is 0.722. The second-order valence-corrected chi connectivity index (χ2v) is 4.88. The largest absolute Gasteiger partial charge is 0.325 e. The molecule has 0 aliphatic carbocycles. The number of sulfone groups is 1. The van der Waals surface area contributed by atoms with Crippen LogP contribution in [0.15, 0.2) is 35.1 Å². The molecular weight excluding hydrogens is 216 g/mol. The molecule has 2 heterocycles. The van der Waals surface area contributed by atoms with Gasteiger partial charge in [0.1, 0.15) is 0 Å². The summed E-state index contributed by atoms with van der Waals surface area (Å²) in [6, 6.07) is 0. The molecule has 6 nitrogen and oxygen atoms in total. The fourth-order valence-electron chi connectivity index (χ4n) is 1.30. The monoisotopic (exact) mass is 226 g/mol. The summed E-state index contributed by atoms with van der Waals surface area (Å²) in [6.45, 7) is 0. The molecule has 2 rings (SSSR count). The fraction of sp³-hybridized carbons (Fsp3) is 0.250. The van der Waals surface area contributed by atoms with Gasteiger partial charge in [0.25, 0.3) is 9.84 Å². The van der Waals surface area contributed by atoms with Gasteiger partial charge in [-0.05, 0) is 0 Å². The Morgan fingerprint density at radius 2 is 1.40 bits per heavy atom. The molecule has 0 bridgehead atoms. The van der Waals surface area contributed by atoms with E-state index in [1.165, 1.54) is 21.5 Å². The van der Waals surface area contributed by atoms with Gasteiger partial charge in [-0.25, -0.2) is 18.4 Å². The van der Waals surface area contributed by atoms with Crippen LogP contribution in [0.3, 0.4) is 0 Å². The maximum absolute atomic E-state index is 12.0. The van der Waals surface area contributed by atoms with E-state index in [0.29, 0.717) is 0 Å². The molecule has 0 radical (unpaired) electrons. The molecule has 0 aromatic carbocycles. The number of hydrogen-bond donors (Lipinski definition) is 0. The van der Waals surface area contributed by atoms with E-state index in [1.54, 1.807) is 26.5 Å². The molecule has 0 N–H and O–H groups in total. The average molecular weight is 226 g/mol. The first-order valence-corrected chi connectivity index (χ1v) is 5.71. The molecular formula is C8H10N4O2S. The molecule has 0 spiro atoms. The van der Waals surface area contributed by atoms with E-state index in [4.69, 9.17) is 0 Å². The van der Waals surface area contributed by atoms with Gasteiger partial charge >= 0.3 is 0 Å². The number of nitrogens with zero attached hydrogens (tertiary/aromatic N) is 4. The molecule has 0 saturated carbocycles. The van der Waals surface area contributed by atoms with E-state index >= 15 is 0 Å². The molecule has 0 aliphatic heterocycles. The van der Waals surface area contributed by atoms with E-state index in [1.807, 2.05) is 0 Å². The van der Waals surface area contributed by atoms with Gasteiger partial charge in [-0.2, -0.15) is 0 Å². The summed E-state index contributed by atoms with van der Waals surface area (Å²) in [5, 5.41) is -0.00593. The summed E-state index contributed by atoms with van der Waals surface area (Å²) in [5.74, 6) is 0. The zero-order chi connectivity index (χ0) is 11.1. The van der Waals surface area contributed by atoms with E-state index in [-0.39, 0.29) is 10.3 Å². The Morgan fingerprint density at radius 3 is 1.67 bits per heavy atom. The average Bonchev–Trinajstić information content (AvgIpc) is 2.73. The first-order valence-electron chi connectivity index (χ1n) is 4.23. The van der Waals surface area contributed by atoms with Crippen LogP contribution in [0.1, 0.15) is 0 Å². The second kappa shape index (κ2) is 3.20. The Morgan fingerprint density at radius 1 is 1.00 bits per heavy atom. The highest BCUT2D eigenvalue weighted by atomic mass is 32.2. The lowest BCUT2D eigenvalue weighted by molar-refractivity contribution is 0.562. The lowest BCUT2D eigenvalue weighted by Crippen LogP contribution is -2.13. The van der Waals surface area contributed by atoms with Crippen molar-refractivity contribution in [2.75, 3.05) is 0 Å². The first kappa shape index (κ1) is 9.91. The number of hydrogen-bond acceptors (Lipinski definition) is 4. The minimum absolute atomic E-state index is 0.00296. The van der Waals surface area contributed by atoms with Crippen LogP contribution < -0.4 is 0 Å². The van der Waals surface area contributed by atoms with Gasteiger partial charge in [-0.3, -0.25) is 0 Å². The third-order valence-electron chi connectivity index (χ3n) is 2.03. The van der Waals surface area contributed by atoms with E-state index in [9.17, 15) is 8.42 Å². The maximum atomic E-state index is 12.0. The maximum Gasteiger partial charge on any atom is 0.273 e. The second-order valence-electron chi connectivity index (χ2n) is 3.14. The van der Waals surface area contributed by atoms with Crippen LogP contribution in [-0.4, -0.2) is 27.5 Å². The topological polar surface area (TPSA) is 69.8 Å². The molecule has 7 heteroatoms. The molecule has 0 fully saturated rings. The lowest BCUT2D eigenvalue weighted by atomic mass is 10.9. The molecule has 0 amide bonds. The van der Waals surface area contributed by atoms with Crippen molar-refractivity contribution in [2.24, 2.45) is 14.1 Å². The van der Waals surface area contributed by atoms with Crippen LogP contribution in [-0.2, 0) is 23.9 Å². The van der Waals surface area contributed by atoms with Gasteiger partial charge in [0, 0.05) is 38.9 Å². The minimum atomic E-state index is -3.61. The predicted octanol–water partition coefficient (Wildman–Crippen LogP) is -0.0136. The Hall–Kier alpha value is -1.63. The van der Waals surface area contributed by atoms with Gasteiger partial charge in [0.15, 0.2) is 0 Å². The summed E-state index contributed by atoms with van der Waals surface area (Å²) in [6.07, 6.45) is 6.04. The number of imidazole rings is 2. The summed E-state index contributed by atoms with van der Waals surface area (Å²) in [4.78, 5) is 7.61. The third kappa shape index (κ3) is 1.44. The zero-order valence-corrected chi connectivity index (χ0v) is 9.14. The van der Waals surface area contributed by atoms with Crippen LogP contribution in [0.5, 0.6) is 0 Å². The Labute approximate surface area is 87.1 Å². The summed E-state index contributed by atoms with van der Waals surface area (Å²) in [5.41, 5.74) is 0. The predicted molar refractivity (Wildman–Crippen MR) is 51.9 cm³/mol. The number of aromatic nitrogens is 4. The molecule has 0 saturated heterocycles. The van der Waals surface area contributed by atoms with Crippen molar-refractivity contribution in [3.8, 4) is 0 Å². The van der Waals surface area contributed by atoms with Crippen LogP contribution in [0.2, 0.25) is 0 Å². The van der Waals surface area contributed by atoms with Gasteiger partial charge in [-0.1, -0.05) is 0 Å². The number of aryl methyl sites for hydroxylation is 2. The van der Waals surface area contributed by atoms with E-state index < -0.39 is 9.84 Å². The Bertz CT molecular complexity index is 535. The van der Waals surface area contributed by atoms with Crippen molar-refractivity contribution < 1.29 is 8.42 Å². The SMILES string of the molecule is Cn1ccnc1S(=O)(=O)c1nccn1C. The molecule has 0 atom stereocenters. The lowest BCUT2D eigenvalue weighted by Gasteiger charge is -2.03. The zero-order valence-electron chi connectivity index (χ0n) is 8.32. The third-order valence-corrected chi connectivity index (χ3v) is 3.78. The van der Waals surface area contributed by atoms with Crippen molar-refractivity contribution >= 4 is 9.84 Å². The minimum Gasteiger partial charge on any atom is -0.325 e. The Balaban J connectivity index is 2.64. The van der Waals surface area contributed by atoms with Crippen molar-refractivity contribution in [3.63, 3.8) is 0 Å². The molecule has 2 aromatic rings. The summed E-state index contributed by atoms with van der Waals surface area (Å²) < 4.78 is 27.0. The highest BCUT2D eigenvalue weighted by molar-refractivity contribution is 7.91. The van der Waals surface area contributed by atoms with Gasteiger partial charge in [0.05, 0.1) is 0 Å². The van der Waals surface area contributed by atoms with Crippen LogP contribution in [0.25, 0.3) is 0 Å². The fourth-order valence-corrected chi connectivity index (χ4v) is 2.75. The first-order chi connectivity index (χ1) is 7.03. The normalized spacial score (nSPS) is 11.9. The van der Waals surface area contributed by atoms with E-state index in [0.717, 1.165) is 0 Å². The smallest absolute Gasteiger partial charge is 0.273 e. The molecule has 15 heavy (non-hydrogen) atoms. The summed E-state index contributed by atoms with van der Waals surface area (Å²) >= 11 is 0.